The summed E-state index contributed by atoms with van der Waals surface area (Å²) in [4.78, 5) is 4.81. The summed E-state index contributed by atoms with van der Waals surface area (Å²) in [6.45, 7) is 6.20. The van der Waals surface area contributed by atoms with E-state index < -0.39 is 0 Å². The number of nitrogens with zero attached hydrogens (tertiary/aromatic N) is 1. The molecule has 1 aromatic heterocycles. The molecule has 118 valence electrons. The molecule has 0 saturated carbocycles. The van der Waals surface area contributed by atoms with Crippen molar-refractivity contribution in [3.63, 3.8) is 0 Å². The molecule has 0 bridgehead atoms. The fourth-order valence-corrected chi connectivity index (χ4v) is 7.42. The standard InChI is InChI=1S/C19H19NOSe2/c1-12-4-6-15(7-5-12)19-20-14(3)18(23-19)11-22-16-8-9-17(21)13(2)10-16/h4-10,21H,11H2,1-3H3. The van der Waals surface area contributed by atoms with E-state index in [4.69, 9.17) is 4.98 Å². The number of rotatable bonds is 4. The average molecular weight is 435 g/mol. The normalized spacial score (nSPS) is 10.9. The van der Waals surface area contributed by atoms with Gasteiger partial charge < -0.3 is 0 Å². The zero-order valence-corrected chi connectivity index (χ0v) is 16.9. The molecule has 0 aliphatic rings. The zero-order chi connectivity index (χ0) is 16.4. The van der Waals surface area contributed by atoms with E-state index in [9.17, 15) is 5.11 Å². The summed E-state index contributed by atoms with van der Waals surface area (Å²) in [5.41, 5.74) is 4.72. The summed E-state index contributed by atoms with van der Waals surface area (Å²) in [5.74, 6) is 0.384. The Morgan fingerprint density at radius 1 is 1.04 bits per heavy atom. The number of phenolic OH excluding ortho intramolecular Hbond substituents is 1. The molecule has 0 radical (unpaired) electrons. The molecule has 23 heavy (non-hydrogen) atoms. The molecule has 0 aliphatic heterocycles. The summed E-state index contributed by atoms with van der Waals surface area (Å²) in [6.07, 6.45) is 0. The van der Waals surface area contributed by atoms with Gasteiger partial charge in [-0.3, -0.25) is 0 Å². The van der Waals surface area contributed by atoms with Gasteiger partial charge in [-0.1, -0.05) is 0 Å². The van der Waals surface area contributed by atoms with Gasteiger partial charge in [-0.15, -0.1) is 0 Å². The van der Waals surface area contributed by atoms with Crippen molar-refractivity contribution in [1.29, 1.82) is 0 Å². The van der Waals surface area contributed by atoms with Gasteiger partial charge in [-0.2, -0.15) is 0 Å². The van der Waals surface area contributed by atoms with Gasteiger partial charge in [0.15, 0.2) is 0 Å². The van der Waals surface area contributed by atoms with Crippen molar-refractivity contribution in [3.8, 4) is 15.9 Å². The van der Waals surface area contributed by atoms with Crippen molar-refractivity contribution in [2.24, 2.45) is 0 Å². The van der Waals surface area contributed by atoms with E-state index in [1.807, 2.05) is 19.1 Å². The molecule has 0 aliphatic carbocycles. The minimum atomic E-state index is 0.340. The van der Waals surface area contributed by atoms with Crippen LogP contribution in [0, 0.1) is 20.8 Å². The SMILES string of the molecule is Cc1ccc(-c2nc(C)c(C[Se]c3ccc(O)c(C)c3)[se]2)cc1. The number of benzene rings is 2. The van der Waals surface area contributed by atoms with Gasteiger partial charge in [-0.25, -0.2) is 0 Å². The summed E-state index contributed by atoms with van der Waals surface area (Å²) in [5, 5.41) is 10.7. The van der Waals surface area contributed by atoms with Crippen LogP contribution in [0.5, 0.6) is 5.75 Å². The predicted octanol–water partition coefficient (Wildman–Crippen LogP) is 2.97. The Balaban J connectivity index is 1.76. The number of aromatic nitrogens is 1. The molecule has 1 N–H and O–H groups in total. The van der Waals surface area contributed by atoms with Crippen LogP contribution in [-0.2, 0) is 5.32 Å². The molecular weight excluding hydrogens is 416 g/mol. The zero-order valence-electron chi connectivity index (χ0n) is 13.5. The van der Waals surface area contributed by atoms with Gasteiger partial charge in [-0.05, 0) is 0 Å². The fourth-order valence-electron chi connectivity index (χ4n) is 2.25. The van der Waals surface area contributed by atoms with Crippen molar-refractivity contribution in [2.75, 3.05) is 0 Å². The van der Waals surface area contributed by atoms with E-state index in [0.29, 0.717) is 35.2 Å². The van der Waals surface area contributed by atoms with Gasteiger partial charge in [0, 0.05) is 0 Å². The molecule has 0 atom stereocenters. The average Bonchev–Trinajstić information content (AvgIpc) is 2.90. The Bertz CT molecular complexity index is 822. The van der Waals surface area contributed by atoms with Crippen LogP contribution in [0.1, 0.15) is 21.3 Å². The minimum absolute atomic E-state index is 0.340. The third kappa shape index (κ3) is 3.97. The molecule has 0 spiro atoms. The topological polar surface area (TPSA) is 33.1 Å². The molecule has 0 unspecified atom stereocenters. The number of aryl methyl sites for hydroxylation is 3. The second-order valence-corrected chi connectivity index (χ2v) is 10.1. The van der Waals surface area contributed by atoms with Crippen molar-refractivity contribution < 1.29 is 5.11 Å². The Hall–Kier alpha value is -1.31. The molecule has 1 heterocycles. The quantitative estimate of drug-likeness (QED) is 0.640. The van der Waals surface area contributed by atoms with Crippen LogP contribution < -0.4 is 4.46 Å². The second-order valence-electron chi connectivity index (χ2n) is 5.63. The van der Waals surface area contributed by atoms with Gasteiger partial charge >= 0.3 is 150 Å². The number of hydrogen-bond donors (Lipinski definition) is 1. The van der Waals surface area contributed by atoms with Gasteiger partial charge in [0.1, 0.15) is 0 Å². The molecule has 3 rings (SSSR count). The van der Waals surface area contributed by atoms with Crippen molar-refractivity contribution in [1.82, 2.24) is 4.98 Å². The molecule has 2 nitrogen and oxygen atoms in total. The first kappa shape index (κ1) is 16.5. The molecular formula is C19H19NOSe2. The first-order valence-electron chi connectivity index (χ1n) is 7.48. The van der Waals surface area contributed by atoms with Crippen LogP contribution in [0.2, 0.25) is 0 Å². The molecule has 0 amide bonds. The van der Waals surface area contributed by atoms with Crippen molar-refractivity contribution >= 4 is 33.9 Å². The van der Waals surface area contributed by atoms with Crippen LogP contribution in [0.15, 0.2) is 42.5 Å². The first-order valence-corrected chi connectivity index (χ1v) is 11.3. The molecule has 0 fully saturated rings. The van der Waals surface area contributed by atoms with E-state index in [0.717, 1.165) is 10.9 Å². The third-order valence-corrected chi connectivity index (χ3v) is 9.33. The van der Waals surface area contributed by atoms with Crippen LogP contribution in [-0.4, -0.2) is 39.6 Å². The molecule has 4 heteroatoms. The van der Waals surface area contributed by atoms with E-state index in [-0.39, 0.29) is 0 Å². The molecule has 3 aromatic rings. The van der Waals surface area contributed by atoms with E-state index in [1.54, 1.807) is 0 Å². The number of phenols is 1. The predicted molar refractivity (Wildman–Crippen MR) is 98.0 cm³/mol. The summed E-state index contributed by atoms with van der Waals surface area (Å²) in [7, 11) is 0. The Labute approximate surface area is 149 Å². The van der Waals surface area contributed by atoms with Crippen LogP contribution in [0.3, 0.4) is 0 Å². The van der Waals surface area contributed by atoms with Crippen molar-refractivity contribution in [3.05, 3.63) is 63.7 Å². The van der Waals surface area contributed by atoms with Gasteiger partial charge in [0.25, 0.3) is 0 Å². The summed E-state index contributed by atoms with van der Waals surface area (Å²) >= 11 is 0.738. The first-order chi connectivity index (χ1) is 11.0. The van der Waals surface area contributed by atoms with E-state index >= 15 is 0 Å². The number of hydrogen-bond acceptors (Lipinski definition) is 2. The fraction of sp³-hybridized carbons (Fsp3) is 0.211. The van der Waals surface area contributed by atoms with Crippen molar-refractivity contribution in [2.45, 2.75) is 26.1 Å². The van der Waals surface area contributed by atoms with Gasteiger partial charge in [0.05, 0.1) is 0 Å². The summed E-state index contributed by atoms with van der Waals surface area (Å²) < 4.78 is 4.11. The van der Waals surface area contributed by atoms with Crippen LogP contribution >= 0.6 is 0 Å². The van der Waals surface area contributed by atoms with E-state index in [2.05, 4.69) is 44.2 Å². The number of aromatic hydroxyl groups is 1. The van der Waals surface area contributed by atoms with Crippen LogP contribution in [0.25, 0.3) is 10.1 Å². The Morgan fingerprint density at radius 3 is 2.48 bits per heavy atom. The second kappa shape index (κ2) is 7.07. The maximum absolute atomic E-state index is 9.63. The van der Waals surface area contributed by atoms with E-state index in [1.165, 1.54) is 30.3 Å². The monoisotopic (exact) mass is 437 g/mol. The van der Waals surface area contributed by atoms with Gasteiger partial charge in [0.2, 0.25) is 0 Å². The third-order valence-electron chi connectivity index (χ3n) is 3.73. The van der Waals surface area contributed by atoms with Crippen LogP contribution in [0.4, 0.5) is 0 Å². The molecule has 0 saturated heterocycles. The summed E-state index contributed by atoms with van der Waals surface area (Å²) in [6, 6.07) is 14.6. The maximum atomic E-state index is 9.63. The Kier molecular flexibility index (Phi) is 5.08. The molecule has 2 aromatic carbocycles. The Morgan fingerprint density at radius 2 is 1.78 bits per heavy atom.